The molecule has 6 heteroatoms. The van der Waals surface area contributed by atoms with Gasteiger partial charge in [-0.2, -0.15) is 0 Å². The number of piperidine rings is 1. The standard InChI is InChI=1S/C17H21N3O3/c1-12-8-16(19-7-3-6-17(2,10-19)11-21)14-9-13(20(22)23)4-5-15(14)18-12/h4-5,8-9,21H,3,6-7,10-11H2,1-2H3/t17-/m0/s1. The van der Waals surface area contributed by atoms with E-state index in [1.54, 1.807) is 12.1 Å². The van der Waals surface area contributed by atoms with Crippen molar-refractivity contribution in [2.75, 3.05) is 24.6 Å². The van der Waals surface area contributed by atoms with Crippen molar-refractivity contribution in [2.45, 2.75) is 26.7 Å². The maximum Gasteiger partial charge on any atom is 0.270 e. The summed E-state index contributed by atoms with van der Waals surface area (Å²) in [6.45, 7) is 5.78. The first-order chi connectivity index (χ1) is 10.9. The molecule has 6 nitrogen and oxygen atoms in total. The minimum atomic E-state index is -0.378. The molecule has 0 radical (unpaired) electrons. The second-order valence-corrected chi connectivity index (χ2v) is 6.74. The number of aromatic nitrogens is 1. The molecule has 23 heavy (non-hydrogen) atoms. The Morgan fingerprint density at radius 3 is 2.91 bits per heavy atom. The molecular formula is C17H21N3O3. The van der Waals surface area contributed by atoms with Gasteiger partial charge in [0, 0.05) is 47.4 Å². The maximum atomic E-state index is 11.1. The molecule has 0 amide bonds. The van der Waals surface area contributed by atoms with Crippen molar-refractivity contribution in [1.29, 1.82) is 0 Å². The van der Waals surface area contributed by atoms with E-state index in [0.717, 1.165) is 48.2 Å². The fourth-order valence-corrected chi connectivity index (χ4v) is 3.35. The van der Waals surface area contributed by atoms with Crippen LogP contribution in [0.2, 0.25) is 0 Å². The molecule has 3 rings (SSSR count). The van der Waals surface area contributed by atoms with Gasteiger partial charge in [-0.05, 0) is 31.9 Å². The van der Waals surface area contributed by atoms with Gasteiger partial charge in [-0.1, -0.05) is 6.92 Å². The first-order valence-corrected chi connectivity index (χ1v) is 7.83. The Labute approximate surface area is 134 Å². The van der Waals surface area contributed by atoms with Gasteiger partial charge in [0.05, 0.1) is 17.0 Å². The first kappa shape index (κ1) is 15.7. The highest BCUT2D eigenvalue weighted by molar-refractivity contribution is 5.93. The van der Waals surface area contributed by atoms with Crippen LogP contribution in [0.3, 0.4) is 0 Å². The Bertz CT molecular complexity index is 762. The Hall–Kier alpha value is -2.21. The van der Waals surface area contributed by atoms with Crippen LogP contribution in [0.1, 0.15) is 25.5 Å². The van der Waals surface area contributed by atoms with E-state index in [1.807, 2.05) is 13.0 Å². The summed E-state index contributed by atoms with van der Waals surface area (Å²) in [5, 5.41) is 21.6. The van der Waals surface area contributed by atoms with Gasteiger partial charge in [0.2, 0.25) is 0 Å². The number of benzene rings is 1. The number of aliphatic hydroxyl groups is 1. The fraction of sp³-hybridized carbons (Fsp3) is 0.471. The van der Waals surface area contributed by atoms with Crippen LogP contribution in [-0.2, 0) is 0 Å². The topological polar surface area (TPSA) is 79.5 Å². The van der Waals surface area contributed by atoms with E-state index in [2.05, 4.69) is 16.8 Å². The number of aryl methyl sites for hydroxylation is 1. The Morgan fingerprint density at radius 1 is 1.43 bits per heavy atom. The predicted molar refractivity (Wildman–Crippen MR) is 89.8 cm³/mol. The van der Waals surface area contributed by atoms with Crippen LogP contribution in [-0.4, -0.2) is 34.7 Å². The van der Waals surface area contributed by atoms with Crippen LogP contribution in [0.25, 0.3) is 10.9 Å². The van der Waals surface area contributed by atoms with Crippen LogP contribution in [0.15, 0.2) is 24.3 Å². The number of nitrogens with zero attached hydrogens (tertiary/aromatic N) is 3. The number of anilines is 1. The number of non-ortho nitro benzene ring substituents is 1. The summed E-state index contributed by atoms with van der Waals surface area (Å²) in [5.41, 5.74) is 2.56. The average Bonchev–Trinajstić information content (AvgIpc) is 2.53. The Morgan fingerprint density at radius 2 is 2.22 bits per heavy atom. The third-order valence-corrected chi connectivity index (χ3v) is 4.61. The Kier molecular flexibility index (Phi) is 3.93. The molecule has 2 heterocycles. The summed E-state index contributed by atoms with van der Waals surface area (Å²) in [6.07, 6.45) is 1.98. The van der Waals surface area contributed by atoms with Gasteiger partial charge >= 0.3 is 0 Å². The molecule has 0 aliphatic carbocycles. The van der Waals surface area contributed by atoms with E-state index in [-0.39, 0.29) is 22.6 Å². The van der Waals surface area contributed by atoms with Gasteiger partial charge in [0.25, 0.3) is 5.69 Å². The third-order valence-electron chi connectivity index (χ3n) is 4.61. The molecule has 1 aromatic carbocycles. The third kappa shape index (κ3) is 2.99. The lowest BCUT2D eigenvalue weighted by Gasteiger charge is -2.41. The molecule has 1 fully saturated rings. The normalized spacial score (nSPS) is 21.6. The molecule has 1 aliphatic heterocycles. The van der Waals surface area contributed by atoms with Crippen molar-refractivity contribution in [3.05, 3.63) is 40.1 Å². The molecular weight excluding hydrogens is 294 g/mol. The van der Waals surface area contributed by atoms with Crippen molar-refractivity contribution in [2.24, 2.45) is 5.41 Å². The van der Waals surface area contributed by atoms with E-state index in [9.17, 15) is 15.2 Å². The number of pyridine rings is 1. The highest BCUT2D eigenvalue weighted by atomic mass is 16.6. The van der Waals surface area contributed by atoms with E-state index in [0.29, 0.717) is 0 Å². The molecule has 1 N–H and O–H groups in total. The zero-order valence-electron chi connectivity index (χ0n) is 13.5. The number of hydrogen-bond donors (Lipinski definition) is 1. The summed E-state index contributed by atoms with van der Waals surface area (Å²) in [5.74, 6) is 0. The largest absolute Gasteiger partial charge is 0.396 e. The average molecular weight is 315 g/mol. The summed E-state index contributed by atoms with van der Waals surface area (Å²) in [7, 11) is 0. The zero-order valence-corrected chi connectivity index (χ0v) is 13.5. The van der Waals surface area contributed by atoms with Crippen LogP contribution in [0.5, 0.6) is 0 Å². The van der Waals surface area contributed by atoms with Crippen molar-refractivity contribution in [3.63, 3.8) is 0 Å². The molecule has 1 aliphatic rings. The molecule has 1 saturated heterocycles. The second kappa shape index (κ2) is 5.77. The summed E-state index contributed by atoms with van der Waals surface area (Å²) in [6, 6.07) is 6.78. The smallest absolute Gasteiger partial charge is 0.270 e. The van der Waals surface area contributed by atoms with Crippen molar-refractivity contribution in [3.8, 4) is 0 Å². The molecule has 0 unspecified atom stereocenters. The van der Waals surface area contributed by atoms with Crippen LogP contribution < -0.4 is 4.90 Å². The van der Waals surface area contributed by atoms with Crippen molar-refractivity contribution >= 4 is 22.3 Å². The van der Waals surface area contributed by atoms with Gasteiger partial charge in [-0.15, -0.1) is 0 Å². The van der Waals surface area contributed by atoms with Crippen molar-refractivity contribution < 1.29 is 10.0 Å². The van der Waals surface area contributed by atoms with Gasteiger partial charge in [0.1, 0.15) is 0 Å². The molecule has 1 aromatic heterocycles. The number of fused-ring (bicyclic) bond motifs is 1. The highest BCUT2D eigenvalue weighted by Crippen LogP contribution is 2.36. The maximum absolute atomic E-state index is 11.1. The number of aliphatic hydroxyl groups excluding tert-OH is 1. The number of rotatable bonds is 3. The summed E-state index contributed by atoms with van der Waals surface area (Å²) < 4.78 is 0. The lowest BCUT2D eigenvalue weighted by atomic mass is 9.82. The first-order valence-electron chi connectivity index (χ1n) is 7.83. The minimum Gasteiger partial charge on any atom is -0.396 e. The molecule has 122 valence electrons. The Balaban J connectivity index is 2.11. The highest BCUT2D eigenvalue weighted by Gasteiger charge is 2.31. The quantitative estimate of drug-likeness (QED) is 0.695. The molecule has 0 spiro atoms. The minimum absolute atomic E-state index is 0.0753. The number of nitro groups is 1. The molecule has 0 saturated carbocycles. The number of nitro benzene ring substituents is 1. The SMILES string of the molecule is Cc1cc(N2CCC[C@](C)(CO)C2)c2cc([N+](=O)[O-])ccc2n1. The van der Waals surface area contributed by atoms with E-state index >= 15 is 0 Å². The zero-order chi connectivity index (χ0) is 16.6. The molecule has 2 aromatic rings. The van der Waals surface area contributed by atoms with Crippen molar-refractivity contribution in [1.82, 2.24) is 4.98 Å². The predicted octanol–water partition coefficient (Wildman–Crippen LogP) is 3.05. The number of hydrogen-bond acceptors (Lipinski definition) is 5. The van der Waals surface area contributed by atoms with E-state index in [4.69, 9.17) is 0 Å². The van der Waals surface area contributed by atoms with Gasteiger partial charge in [0.15, 0.2) is 0 Å². The lowest BCUT2D eigenvalue weighted by molar-refractivity contribution is -0.384. The summed E-state index contributed by atoms with van der Waals surface area (Å²) >= 11 is 0. The second-order valence-electron chi connectivity index (χ2n) is 6.74. The fourth-order valence-electron chi connectivity index (χ4n) is 3.35. The lowest BCUT2D eigenvalue weighted by Crippen LogP contribution is -2.43. The van der Waals surface area contributed by atoms with Crippen LogP contribution in [0.4, 0.5) is 11.4 Å². The van der Waals surface area contributed by atoms with E-state index < -0.39 is 0 Å². The monoisotopic (exact) mass is 315 g/mol. The van der Waals surface area contributed by atoms with Gasteiger partial charge in [-0.3, -0.25) is 15.1 Å². The molecule has 0 bridgehead atoms. The van der Waals surface area contributed by atoms with E-state index in [1.165, 1.54) is 6.07 Å². The molecule has 1 atom stereocenters. The summed E-state index contributed by atoms with van der Waals surface area (Å²) in [4.78, 5) is 17.4. The van der Waals surface area contributed by atoms with Crippen LogP contribution >= 0.6 is 0 Å². The van der Waals surface area contributed by atoms with Gasteiger partial charge in [-0.25, -0.2) is 0 Å². The van der Waals surface area contributed by atoms with Gasteiger partial charge < -0.3 is 10.0 Å². The van der Waals surface area contributed by atoms with Crippen LogP contribution in [0, 0.1) is 22.5 Å².